The van der Waals surface area contributed by atoms with E-state index in [0.29, 0.717) is 6.54 Å². The van der Waals surface area contributed by atoms with Crippen molar-refractivity contribution in [1.82, 2.24) is 9.88 Å². The molecule has 38 heavy (non-hydrogen) atoms. The number of nitrogens with zero attached hydrogens (tertiary/aromatic N) is 3. The highest BCUT2D eigenvalue weighted by Crippen LogP contribution is 2.39. The first-order valence-electron chi connectivity index (χ1n) is 12.6. The zero-order valence-electron chi connectivity index (χ0n) is 22.2. The number of likely N-dealkylation sites (tertiary alicyclic amines) is 1. The third-order valence-corrected chi connectivity index (χ3v) is 8.34. The van der Waals surface area contributed by atoms with E-state index >= 15 is 0 Å². The lowest BCUT2D eigenvalue weighted by molar-refractivity contribution is -0.191. The molecule has 3 heterocycles. The maximum atomic E-state index is 12.6. The summed E-state index contributed by atoms with van der Waals surface area (Å²) in [5, 5.41) is 1.15. The Morgan fingerprint density at radius 3 is 2.26 bits per heavy atom. The quantitative estimate of drug-likeness (QED) is 0.425. The van der Waals surface area contributed by atoms with Crippen LogP contribution in [0.15, 0.2) is 54.6 Å². The molecule has 0 unspecified atom stereocenters. The number of para-hydroxylation sites is 1. The Kier molecular flexibility index (Phi) is 8.31. The van der Waals surface area contributed by atoms with Gasteiger partial charge >= 0.3 is 12.2 Å². The standard InChI is InChI=1S/C28H33N3O3S.CO2/c1-27(2,3)25-29-24(20-10-12-22(33-4)13-11-20)23(35-25)18-30-16-14-28(15-17-30)19-31(26(32)34-28)21-8-6-5-7-9-21;2-1-3/h5-13H,14-19H2,1-4H3;. The van der Waals surface area contributed by atoms with Crippen LogP contribution in [0.3, 0.4) is 0 Å². The van der Waals surface area contributed by atoms with Gasteiger partial charge in [-0.3, -0.25) is 9.80 Å². The van der Waals surface area contributed by atoms with Gasteiger partial charge in [0.25, 0.3) is 0 Å². The summed E-state index contributed by atoms with van der Waals surface area (Å²) in [6.07, 6.45) is 1.69. The zero-order chi connectivity index (χ0) is 27.3. The molecule has 3 aromatic rings. The number of hydrogen-bond donors (Lipinski definition) is 0. The van der Waals surface area contributed by atoms with E-state index in [9.17, 15) is 4.79 Å². The van der Waals surface area contributed by atoms with Crippen LogP contribution in [0.5, 0.6) is 5.75 Å². The summed E-state index contributed by atoms with van der Waals surface area (Å²) in [6.45, 7) is 9.89. The number of benzene rings is 2. The maximum Gasteiger partial charge on any atom is 0.415 e. The van der Waals surface area contributed by atoms with Crippen molar-refractivity contribution in [3.05, 3.63) is 64.5 Å². The van der Waals surface area contributed by atoms with Crippen molar-refractivity contribution in [2.45, 2.75) is 51.2 Å². The largest absolute Gasteiger partial charge is 0.497 e. The van der Waals surface area contributed by atoms with Gasteiger partial charge in [-0.05, 0) is 36.4 Å². The molecule has 0 radical (unpaired) electrons. The molecule has 2 fully saturated rings. The Morgan fingerprint density at radius 2 is 1.68 bits per heavy atom. The highest BCUT2D eigenvalue weighted by Gasteiger charge is 2.47. The molecule has 8 nitrogen and oxygen atoms in total. The third-order valence-electron chi connectivity index (χ3n) is 6.88. The van der Waals surface area contributed by atoms with Crippen LogP contribution in [0.1, 0.15) is 43.5 Å². The van der Waals surface area contributed by atoms with Gasteiger partial charge < -0.3 is 9.47 Å². The topological polar surface area (TPSA) is 89.0 Å². The molecule has 0 bridgehead atoms. The summed E-state index contributed by atoms with van der Waals surface area (Å²) in [6, 6.07) is 18.0. The number of carbonyl (C=O) groups excluding carboxylic acids is 3. The zero-order valence-corrected chi connectivity index (χ0v) is 23.0. The van der Waals surface area contributed by atoms with E-state index < -0.39 is 5.60 Å². The van der Waals surface area contributed by atoms with Crippen molar-refractivity contribution in [3.8, 4) is 17.0 Å². The van der Waals surface area contributed by atoms with Crippen molar-refractivity contribution in [3.63, 3.8) is 0 Å². The molecule has 0 atom stereocenters. The second-order valence-electron chi connectivity index (χ2n) is 10.6. The van der Waals surface area contributed by atoms with Crippen LogP contribution in [0.4, 0.5) is 10.5 Å². The van der Waals surface area contributed by atoms with Crippen molar-refractivity contribution in [2.75, 3.05) is 31.6 Å². The predicted molar refractivity (Wildman–Crippen MR) is 145 cm³/mol. The Labute approximate surface area is 227 Å². The number of aromatic nitrogens is 1. The van der Waals surface area contributed by atoms with Crippen LogP contribution in [-0.2, 0) is 26.3 Å². The molecule has 5 rings (SSSR count). The molecule has 0 saturated carbocycles. The van der Waals surface area contributed by atoms with E-state index in [1.807, 2.05) is 53.8 Å². The fourth-order valence-corrected chi connectivity index (χ4v) is 5.95. The van der Waals surface area contributed by atoms with E-state index in [2.05, 4.69) is 37.8 Å². The van der Waals surface area contributed by atoms with Gasteiger partial charge in [-0.1, -0.05) is 39.0 Å². The first kappa shape index (κ1) is 27.5. The molecular weight excluding hydrogens is 502 g/mol. The van der Waals surface area contributed by atoms with Crippen LogP contribution in [0, 0.1) is 0 Å². The lowest BCUT2D eigenvalue weighted by Gasteiger charge is -2.37. The molecule has 9 heteroatoms. The third kappa shape index (κ3) is 6.13. The molecule has 2 aliphatic rings. The van der Waals surface area contributed by atoms with E-state index in [4.69, 9.17) is 24.0 Å². The summed E-state index contributed by atoms with van der Waals surface area (Å²) >= 11 is 1.81. The van der Waals surface area contributed by atoms with Gasteiger partial charge in [0.2, 0.25) is 0 Å². The molecule has 2 saturated heterocycles. The number of hydrogen-bond acceptors (Lipinski definition) is 8. The van der Waals surface area contributed by atoms with Crippen molar-refractivity contribution in [2.24, 2.45) is 0 Å². The molecule has 1 aromatic heterocycles. The number of methoxy groups -OCH3 is 1. The van der Waals surface area contributed by atoms with Crippen molar-refractivity contribution in [1.29, 1.82) is 0 Å². The molecule has 0 N–H and O–H groups in total. The minimum Gasteiger partial charge on any atom is -0.497 e. The average molecular weight is 536 g/mol. The van der Waals surface area contributed by atoms with Crippen LogP contribution in [0.25, 0.3) is 11.3 Å². The van der Waals surface area contributed by atoms with Gasteiger partial charge in [-0.2, -0.15) is 9.59 Å². The van der Waals surface area contributed by atoms with E-state index in [1.54, 1.807) is 12.0 Å². The fraction of sp³-hybridized carbons (Fsp3) is 0.414. The van der Waals surface area contributed by atoms with Crippen molar-refractivity contribution < 1.29 is 23.9 Å². The number of thiazole rings is 1. The second-order valence-corrected chi connectivity index (χ2v) is 11.7. The predicted octanol–water partition coefficient (Wildman–Crippen LogP) is 5.52. The highest BCUT2D eigenvalue weighted by atomic mass is 32.1. The number of piperidine rings is 1. The molecule has 0 aliphatic carbocycles. The van der Waals surface area contributed by atoms with E-state index in [1.165, 1.54) is 4.88 Å². The molecule has 2 aliphatic heterocycles. The first-order chi connectivity index (χ1) is 18.2. The van der Waals surface area contributed by atoms with Crippen LogP contribution in [0.2, 0.25) is 0 Å². The Bertz CT molecular complexity index is 1270. The number of anilines is 1. The minimum atomic E-state index is -0.396. The van der Waals surface area contributed by atoms with E-state index in [0.717, 1.165) is 60.2 Å². The second kappa shape index (κ2) is 11.5. The summed E-state index contributed by atoms with van der Waals surface area (Å²) in [5.74, 6) is 0.846. The van der Waals surface area contributed by atoms with Gasteiger partial charge in [0, 0.05) is 54.0 Å². The number of amides is 1. The lowest BCUT2D eigenvalue weighted by atomic mass is 9.91. The summed E-state index contributed by atoms with van der Waals surface area (Å²) in [4.78, 5) is 39.5. The fourth-order valence-electron chi connectivity index (χ4n) is 4.77. The SMILES string of the molecule is COc1ccc(-c2nc(C(C)(C)C)sc2CN2CCC3(CC2)CN(c2ccccc2)C(=O)O3)cc1.O=C=O. The summed E-state index contributed by atoms with van der Waals surface area (Å²) < 4.78 is 11.3. The first-order valence-corrected chi connectivity index (χ1v) is 13.4. The normalized spacial score (nSPS) is 16.9. The van der Waals surface area contributed by atoms with Crippen molar-refractivity contribution >= 4 is 29.3 Å². The summed E-state index contributed by atoms with van der Waals surface area (Å²) in [5.41, 5.74) is 2.68. The number of ether oxygens (including phenoxy) is 2. The lowest BCUT2D eigenvalue weighted by Crippen LogP contribution is -2.46. The minimum absolute atomic E-state index is 0.00492. The van der Waals surface area contributed by atoms with Gasteiger partial charge in [0.05, 0.1) is 24.4 Å². The smallest absolute Gasteiger partial charge is 0.415 e. The van der Waals surface area contributed by atoms with Crippen LogP contribution >= 0.6 is 11.3 Å². The van der Waals surface area contributed by atoms with Gasteiger partial charge in [-0.15, -0.1) is 11.3 Å². The molecule has 2 aromatic carbocycles. The number of rotatable bonds is 5. The van der Waals surface area contributed by atoms with Gasteiger partial charge in [-0.25, -0.2) is 9.78 Å². The Morgan fingerprint density at radius 1 is 1.05 bits per heavy atom. The highest BCUT2D eigenvalue weighted by molar-refractivity contribution is 7.12. The monoisotopic (exact) mass is 535 g/mol. The van der Waals surface area contributed by atoms with E-state index in [-0.39, 0.29) is 17.7 Å². The van der Waals surface area contributed by atoms with Gasteiger partial charge in [0.15, 0.2) is 0 Å². The molecule has 200 valence electrons. The number of carbonyl (C=O) groups is 1. The van der Waals surface area contributed by atoms with Gasteiger partial charge in [0.1, 0.15) is 11.4 Å². The average Bonchev–Trinajstić information content (AvgIpc) is 3.48. The summed E-state index contributed by atoms with van der Waals surface area (Å²) in [7, 11) is 1.69. The maximum absolute atomic E-state index is 12.6. The van der Waals surface area contributed by atoms with Crippen LogP contribution < -0.4 is 9.64 Å². The molecule has 1 spiro atoms. The molecule has 1 amide bonds. The Hall–Kier alpha value is -3.52. The van der Waals surface area contributed by atoms with Crippen LogP contribution in [-0.4, -0.2) is 54.5 Å². The molecular formula is C29H33N3O5S. The Balaban J connectivity index is 0.00000107.